The van der Waals surface area contributed by atoms with Crippen LogP contribution in [0.2, 0.25) is 0 Å². The Hall–Kier alpha value is -1.51. The van der Waals surface area contributed by atoms with Gasteiger partial charge in [-0.05, 0) is 24.5 Å². The van der Waals surface area contributed by atoms with Gasteiger partial charge in [0.15, 0.2) is 0 Å². The van der Waals surface area contributed by atoms with Gasteiger partial charge in [0.25, 0.3) is 0 Å². The van der Waals surface area contributed by atoms with Crippen molar-refractivity contribution in [3.8, 4) is 0 Å². The molecule has 3 heteroatoms. The smallest absolute Gasteiger partial charge is 0.311 e. The van der Waals surface area contributed by atoms with E-state index in [0.29, 0.717) is 12.1 Å². The molecule has 0 amide bonds. The Labute approximate surface area is 115 Å². The maximum absolute atomic E-state index is 11.4. The molecule has 0 aliphatic carbocycles. The molecule has 106 valence electrons. The Morgan fingerprint density at radius 2 is 1.95 bits per heavy atom. The predicted octanol–water partition coefficient (Wildman–Crippen LogP) is 4.11. The topological polar surface area (TPSA) is 63.3 Å². The second-order valence-electron chi connectivity index (χ2n) is 5.17. The van der Waals surface area contributed by atoms with Gasteiger partial charge in [-0.1, -0.05) is 57.2 Å². The molecular formula is C16H25NO2. The first kappa shape index (κ1) is 15.5. The molecule has 0 aliphatic rings. The molecule has 0 saturated heterocycles. The summed E-state index contributed by atoms with van der Waals surface area (Å²) in [6, 6.07) is 5.64. The number of hydrogen-bond acceptors (Lipinski definition) is 2. The van der Waals surface area contributed by atoms with Crippen molar-refractivity contribution in [2.75, 3.05) is 5.73 Å². The number of hydrogen-bond donors (Lipinski definition) is 2. The summed E-state index contributed by atoms with van der Waals surface area (Å²) >= 11 is 0. The number of para-hydroxylation sites is 1. The average molecular weight is 263 g/mol. The molecule has 0 bridgehead atoms. The number of carboxylic acids is 1. The third-order valence-corrected chi connectivity index (χ3v) is 3.63. The molecular weight excluding hydrogens is 238 g/mol. The first-order valence-corrected chi connectivity index (χ1v) is 7.15. The van der Waals surface area contributed by atoms with Crippen LogP contribution >= 0.6 is 0 Å². The van der Waals surface area contributed by atoms with Gasteiger partial charge in [-0.25, -0.2) is 0 Å². The third-order valence-electron chi connectivity index (χ3n) is 3.63. The number of nitrogen functional groups attached to an aromatic ring is 1. The molecule has 0 saturated carbocycles. The fraction of sp³-hybridized carbons (Fsp3) is 0.562. The Bertz CT molecular complexity index is 415. The maximum Gasteiger partial charge on any atom is 0.311 e. The fourth-order valence-corrected chi connectivity index (χ4v) is 2.37. The summed E-state index contributed by atoms with van der Waals surface area (Å²) in [6.07, 6.45) is 6.34. The molecule has 0 fully saturated rings. The maximum atomic E-state index is 11.4. The van der Waals surface area contributed by atoms with Gasteiger partial charge in [0.05, 0.1) is 5.92 Å². The van der Waals surface area contributed by atoms with Gasteiger partial charge in [0.1, 0.15) is 0 Å². The molecule has 1 aromatic rings. The van der Waals surface area contributed by atoms with Crippen LogP contribution in [0.25, 0.3) is 0 Å². The summed E-state index contributed by atoms with van der Waals surface area (Å²) in [4.78, 5) is 11.4. The van der Waals surface area contributed by atoms with Crippen molar-refractivity contribution in [3.63, 3.8) is 0 Å². The van der Waals surface area contributed by atoms with Crippen molar-refractivity contribution in [1.29, 1.82) is 0 Å². The zero-order chi connectivity index (χ0) is 14.3. The second-order valence-corrected chi connectivity index (χ2v) is 5.17. The zero-order valence-corrected chi connectivity index (χ0v) is 12.0. The van der Waals surface area contributed by atoms with E-state index >= 15 is 0 Å². The van der Waals surface area contributed by atoms with Crippen molar-refractivity contribution >= 4 is 11.7 Å². The highest BCUT2D eigenvalue weighted by Gasteiger charge is 2.21. The van der Waals surface area contributed by atoms with Crippen molar-refractivity contribution in [1.82, 2.24) is 0 Å². The molecule has 3 nitrogen and oxygen atoms in total. The Morgan fingerprint density at radius 1 is 1.26 bits per heavy atom. The highest BCUT2D eigenvalue weighted by molar-refractivity contribution is 5.79. The molecule has 1 atom stereocenters. The van der Waals surface area contributed by atoms with E-state index in [4.69, 9.17) is 5.73 Å². The minimum Gasteiger partial charge on any atom is -0.481 e. The number of aliphatic carboxylic acids is 1. The molecule has 19 heavy (non-hydrogen) atoms. The highest BCUT2D eigenvalue weighted by Crippen LogP contribution is 2.29. The third kappa shape index (κ3) is 4.58. The van der Waals surface area contributed by atoms with E-state index < -0.39 is 11.9 Å². The van der Waals surface area contributed by atoms with Gasteiger partial charge in [-0.3, -0.25) is 4.79 Å². The standard InChI is InChI=1S/C16H25NO2/c1-3-4-5-6-7-10-14(16(18)19)13-11-8-9-12(2)15(13)17/h8-9,11,14H,3-7,10,17H2,1-2H3,(H,18,19). The monoisotopic (exact) mass is 263 g/mol. The molecule has 0 aromatic heterocycles. The van der Waals surface area contributed by atoms with Crippen LogP contribution in [-0.4, -0.2) is 11.1 Å². The van der Waals surface area contributed by atoms with E-state index in [-0.39, 0.29) is 0 Å². The van der Waals surface area contributed by atoms with E-state index in [1.54, 1.807) is 0 Å². The van der Waals surface area contributed by atoms with E-state index in [9.17, 15) is 9.90 Å². The number of rotatable bonds is 8. The Balaban J connectivity index is 2.67. The highest BCUT2D eigenvalue weighted by atomic mass is 16.4. The summed E-state index contributed by atoms with van der Waals surface area (Å²) in [5, 5.41) is 9.39. The molecule has 3 N–H and O–H groups in total. The van der Waals surface area contributed by atoms with Crippen LogP contribution in [0, 0.1) is 6.92 Å². The quantitative estimate of drug-likeness (QED) is 0.548. The van der Waals surface area contributed by atoms with Crippen molar-refractivity contribution in [3.05, 3.63) is 29.3 Å². The minimum atomic E-state index is -0.771. The summed E-state index contributed by atoms with van der Waals surface area (Å²) in [5.41, 5.74) is 8.36. The molecule has 0 heterocycles. The Kier molecular flexibility index (Phi) is 6.40. The van der Waals surface area contributed by atoms with Crippen LogP contribution in [0.4, 0.5) is 5.69 Å². The fourth-order valence-electron chi connectivity index (χ4n) is 2.37. The van der Waals surface area contributed by atoms with Crippen LogP contribution in [0.1, 0.15) is 62.5 Å². The lowest BCUT2D eigenvalue weighted by atomic mass is 9.90. The van der Waals surface area contributed by atoms with Crippen molar-refractivity contribution in [2.45, 2.75) is 58.3 Å². The number of nitrogens with two attached hydrogens (primary N) is 1. The van der Waals surface area contributed by atoms with Crippen LogP contribution in [0.3, 0.4) is 0 Å². The lowest BCUT2D eigenvalue weighted by Crippen LogP contribution is -2.14. The number of aryl methyl sites for hydroxylation is 1. The average Bonchev–Trinajstić information content (AvgIpc) is 2.37. The van der Waals surface area contributed by atoms with Gasteiger partial charge in [-0.2, -0.15) is 0 Å². The number of unbranched alkanes of at least 4 members (excludes halogenated alkanes) is 4. The van der Waals surface area contributed by atoms with Gasteiger partial charge in [-0.15, -0.1) is 0 Å². The molecule has 0 spiro atoms. The largest absolute Gasteiger partial charge is 0.481 e. The molecule has 1 unspecified atom stereocenters. The number of carboxylic acid groups (broad SMARTS) is 1. The van der Waals surface area contributed by atoms with Gasteiger partial charge < -0.3 is 10.8 Å². The molecule has 1 aromatic carbocycles. The number of benzene rings is 1. The summed E-state index contributed by atoms with van der Waals surface area (Å²) < 4.78 is 0. The molecule has 1 rings (SSSR count). The number of carbonyl (C=O) groups is 1. The molecule has 0 radical (unpaired) electrons. The minimum absolute atomic E-state index is 0.471. The van der Waals surface area contributed by atoms with E-state index in [0.717, 1.165) is 24.0 Å². The zero-order valence-electron chi connectivity index (χ0n) is 12.0. The first-order chi connectivity index (χ1) is 9.07. The van der Waals surface area contributed by atoms with Gasteiger partial charge >= 0.3 is 5.97 Å². The van der Waals surface area contributed by atoms with Crippen LogP contribution < -0.4 is 5.73 Å². The van der Waals surface area contributed by atoms with E-state index in [1.165, 1.54) is 19.3 Å². The SMILES string of the molecule is CCCCCCCC(C(=O)O)c1cccc(C)c1N. The lowest BCUT2D eigenvalue weighted by molar-refractivity contribution is -0.139. The summed E-state index contributed by atoms with van der Waals surface area (Å²) in [6.45, 7) is 4.09. The van der Waals surface area contributed by atoms with Crippen LogP contribution in [-0.2, 0) is 4.79 Å². The van der Waals surface area contributed by atoms with Gasteiger partial charge in [0.2, 0.25) is 0 Å². The second kappa shape index (κ2) is 7.82. The van der Waals surface area contributed by atoms with Crippen molar-refractivity contribution < 1.29 is 9.90 Å². The predicted molar refractivity (Wildman–Crippen MR) is 79.3 cm³/mol. The lowest BCUT2D eigenvalue weighted by Gasteiger charge is -2.16. The van der Waals surface area contributed by atoms with E-state index in [2.05, 4.69) is 6.92 Å². The normalized spacial score (nSPS) is 12.3. The van der Waals surface area contributed by atoms with E-state index in [1.807, 2.05) is 25.1 Å². The first-order valence-electron chi connectivity index (χ1n) is 7.15. The summed E-state index contributed by atoms with van der Waals surface area (Å²) in [7, 11) is 0. The van der Waals surface area contributed by atoms with Gasteiger partial charge in [0, 0.05) is 5.69 Å². The van der Waals surface area contributed by atoms with Crippen LogP contribution in [0.5, 0.6) is 0 Å². The number of anilines is 1. The van der Waals surface area contributed by atoms with Crippen LogP contribution in [0.15, 0.2) is 18.2 Å². The Morgan fingerprint density at radius 3 is 2.58 bits per heavy atom. The summed E-state index contributed by atoms with van der Waals surface area (Å²) in [5.74, 6) is -1.24. The molecule has 0 aliphatic heterocycles. The van der Waals surface area contributed by atoms with Crippen molar-refractivity contribution in [2.24, 2.45) is 0 Å².